The van der Waals surface area contributed by atoms with Crippen molar-refractivity contribution < 1.29 is 34.9 Å². The third-order valence-electron chi connectivity index (χ3n) is 8.47. The fourth-order valence-electron chi connectivity index (χ4n) is 5.65. The molecule has 0 aromatic rings. The first kappa shape index (κ1) is 39.7. The van der Waals surface area contributed by atoms with Gasteiger partial charge in [-0.05, 0) is 25.7 Å². The lowest BCUT2D eigenvalue weighted by Gasteiger charge is -2.40. The molecule has 0 aromatic carbocycles. The van der Waals surface area contributed by atoms with Crippen molar-refractivity contribution in [2.75, 3.05) is 64.9 Å². The standard InChI is InChI=1S/C30H64N2O6S2/c1-5-7-9-11-13-15-17-19-23-31(3,25-21-29-39(33,34)35)27-28-32(4,26-22-30-40(36,37)38)24-20-18-16-14-12-10-8-6-2/h5-30H2,1-4H3. The summed E-state index contributed by atoms with van der Waals surface area (Å²) in [5.41, 5.74) is 0. The number of quaternary nitrogens is 2. The third-order valence-corrected chi connectivity index (χ3v) is 10.0. The monoisotopic (exact) mass is 612 g/mol. The molecule has 10 heteroatoms. The Morgan fingerprint density at radius 1 is 0.400 bits per heavy atom. The van der Waals surface area contributed by atoms with E-state index in [0.29, 0.717) is 25.9 Å². The third kappa shape index (κ3) is 25.5. The molecule has 0 heterocycles. The Morgan fingerprint density at radius 3 is 0.925 bits per heavy atom. The van der Waals surface area contributed by atoms with Crippen molar-refractivity contribution in [2.45, 2.75) is 129 Å². The van der Waals surface area contributed by atoms with Crippen LogP contribution in [0.1, 0.15) is 129 Å². The van der Waals surface area contributed by atoms with E-state index >= 15 is 0 Å². The maximum Gasteiger partial charge on any atom is 0.128 e. The number of unbranched alkanes of at least 4 members (excludes halogenated alkanes) is 14. The molecule has 0 aliphatic carbocycles. The molecule has 2 unspecified atom stereocenters. The Balaban J connectivity index is 5.06. The van der Waals surface area contributed by atoms with Gasteiger partial charge in [0.15, 0.2) is 0 Å². The molecule has 0 amide bonds. The Hall–Kier alpha value is -0.260. The van der Waals surface area contributed by atoms with Crippen LogP contribution in [0, 0.1) is 0 Å². The fraction of sp³-hybridized carbons (Fsp3) is 1.00. The topological polar surface area (TPSA) is 114 Å². The van der Waals surface area contributed by atoms with Gasteiger partial charge in [-0.1, -0.05) is 90.9 Å². The number of rotatable bonds is 29. The molecule has 8 nitrogen and oxygen atoms in total. The normalized spacial score (nSPS) is 15.7. The lowest BCUT2D eigenvalue weighted by atomic mass is 10.1. The first-order chi connectivity index (χ1) is 18.7. The van der Waals surface area contributed by atoms with Gasteiger partial charge in [0.2, 0.25) is 0 Å². The van der Waals surface area contributed by atoms with Crippen LogP contribution in [0.15, 0.2) is 0 Å². The predicted molar refractivity (Wildman–Crippen MR) is 165 cm³/mol. The lowest BCUT2D eigenvalue weighted by molar-refractivity contribution is -0.964. The van der Waals surface area contributed by atoms with Crippen molar-refractivity contribution in [1.29, 1.82) is 0 Å². The average Bonchev–Trinajstić information content (AvgIpc) is 2.85. The van der Waals surface area contributed by atoms with Crippen molar-refractivity contribution in [2.24, 2.45) is 0 Å². The fourth-order valence-corrected chi connectivity index (χ4v) is 6.62. The minimum absolute atomic E-state index is 0.329. The summed E-state index contributed by atoms with van der Waals surface area (Å²) in [6.45, 7) is 9.31. The van der Waals surface area contributed by atoms with Crippen LogP contribution < -0.4 is 0 Å². The van der Waals surface area contributed by atoms with Gasteiger partial charge in [-0.25, -0.2) is 16.8 Å². The molecule has 0 saturated carbocycles. The number of hydrogen-bond acceptors (Lipinski definition) is 6. The van der Waals surface area contributed by atoms with Crippen molar-refractivity contribution in [3.05, 3.63) is 0 Å². The SMILES string of the molecule is CCCCCCCCCC[N+](C)(CCCS(=O)(=O)[O-])CC[N+](C)(CCCCCCCCCC)CCCS(=O)(=O)[O-]. The largest absolute Gasteiger partial charge is 0.748 e. The summed E-state index contributed by atoms with van der Waals surface area (Å²) >= 11 is 0. The maximum atomic E-state index is 11.2. The Morgan fingerprint density at radius 2 is 0.650 bits per heavy atom. The van der Waals surface area contributed by atoms with E-state index in [4.69, 9.17) is 0 Å². The first-order valence-electron chi connectivity index (χ1n) is 16.3. The highest BCUT2D eigenvalue weighted by molar-refractivity contribution is 7.85. The summed E-state index contributed by atoms with van der Waals surface area (Å²) in [7, 11) is -4.13. The zero-order valence-electron chi connectivity index (χ0n) is 26.5. The van der Waals surface area contributed by atoms with Gasteiger partial charge in [0.25, 0.3) is 0 Å². The van der Waals surface area contributed by atoms with Crippen LogP contribution in [0.4, 0.5) is 0 Å². The first-order valence-corrected chi connectivity index (χ1v) is 19.4. The summed E-state index contributed by atoms with van der Waals surface area (Å²) in [4.78, 5) is 0. The Bertz CT molecular complexity index is 754. The molecule has 0 bridgehead atoms. The van der Waals surface area contributed by atoms with E-state index in [-0.39, 0.29) is 11.5 Å². The molecule has 0 spiro atoms. The Labute approximate surface area is 249 Å². The molecule has 2 atom stereocenters. The second-order valence-corrected chi connectivity index (χ2v) is 15.8. The van der Waals surface area contributed by atoms with Crippen molar-refractivity contribution in [3.63, 3.8) is 0 Å². The smallest absolute Gasteiger partial charge is 0.128 e. The maximum absolute atomic E-state index is 11.2. The molecule has 0 N–H and O–H groups in total. The van der Waals surface area contributed by atoms with Crippen LogP contribution in [0.2, 0.25) is 0 Å². The van der Waals surface area contributed by atoms with Gasteiger partial charge in [0.05, 0.1) is 60.5 Å². The zero-order chi connectivity index (χ0) is 30.4. The summed E-state index contributed by atoms with van der Waals surface area (Å²) < 4.78 is 68.9. The highest BCUT2D eigenvalue weighted by Gasteiger charge is 2.29. The number of likely N-dealkylation sites (N-methyl/N-ethyl adjacent to an activating group) is 2. The second kappa shape index (κ2) is 22.3. The van der Waals surface area contributed by atoms with E-state index in [0.717, 1.165) is 60.8 Å². The van der Waals surface area contributed by atoms with E-state index in [1.165, 1.54) is 77.0 Å². The molecular weight excluding hydrogens is 548 g/mol. The summed E-state index contributed by atoms with van der Waals surface area (Å²) in [5.74, 6) is -0.659. The van der Waals surface area contributed by atoms with E-state index in [2.05, 4.69) is 27.9 Å². The summed E-state index contributed by atoms with van der Waals surface area (Å²) in [6.07, 6.45) is 20.4. The van der Waals surface area contributed by atoms with Gasteiger partial charge in [-0.3, -0.25) is 0 Å². The lowest BCUT2D eigenvalue weighted by Crippen LogP contribution is -2.56. The quantitative estimate of drug-likeness (QED) is 0.0579. The second-order valence-electron chi connectivity index (χ2n) is 12.8. The minimum Gasteiger partial charge on any atom is -0.748 e. The van der Waals surface area contributed by atoms with Crippen molar-refractivity contribution >= 4 is 20.2 Å². The van der Waals surface area contributed by atoms with Gasteiger partial charge in [0, 0.05) is 24.3 Å². The number of nitrogens with zero attached hydrogens (tertiary/aromatic N) is 2. The predicted octanol–water partition coefficient (Wildman–Crippen LogP) is 6.03. The highest BCUT2D eigenvalue weighted by atomic mass is 32.2. The summed E-state index contributed by atoms with van der Waals surface area (Å²) in [5, 5.41) is 0. The van der Waals surface area contributed by atoms with E-state index in [1.807, 2.05) is 0 Å². The van der Waals surface area contributed by atoms with Crippen LogP contribution in [-0.4, -0.2) is 99.8 Å². The molecule has 0 rings (SSSR count). The van der Waals surface area contributed by atoms with Gasteiger partial charge in [0.1, 0.15) is 13.1 Å². The molecule has 0 aliphatic rings. The van der Waals surface area contributed by atoms with E-state index in [9.17, 15) is 25.9 Å². The van der Waals surface area contributed by atoms with Crippen molar-refractivity contribution in [1.82, 2.24) is 0 Å². The Kier molecular flexibility index (Phi) is 22.2. The van der Waals surface area contributed by atoms with Crippen LogP contribution >= 0.6 is 0 Å². The number of hydrogen-bond donors (Lipinski definition) is 0. The van der Waals surface area contributed by atoms with E-state index in [1.54, 1.807) is 0 Å². The highest BCUT2D eigenvalue weighted by Crippen LogP contribution is 2.17. The van der Waals surface area contributed by atoms with Crippen LogP contribution in [0.5, 0.6) is 0 Å². The molecule has 0 aromatic heterocycles. The molecule has 0 aliphatic heterocycles. The molecule has 40 heavy (non-hydrogen) atoms. The van der Waals surface area contributed by atoms with Crippen LogP contribution in [-0.2, 0) is 20.2 Å². The minimum atomic E-state index is -4.23. The zero-order valence-corrected chi connectivity index (χ0v) is 28.2. The van der Waals surface area contributed by atoms with Crippen LogP contribution in [0.25, 0.3) is 0 Å². The molecule has 0 fully saturated rings. The summed E-state index contributed by atoms with van der Waals surface area (Å²) in [6, 6.07) is 0. The molecular formula is C30H64N2O6S2. The van der Waals surface area contributed by atoms with Gasteiger partial charge < -0.3 is 18.1 Å². The van der Waals surface area contributed by atoms with Crippen LogP contribution in [0.3, 0.4) is 0 Å². The van der Waals surface area contributed by atoms with Crippen molar-refractivity contribution in [3.8, 4) is 0 Å². The molecule has 242 valence electrons. The molecule has 0 radical (unpaired) electrons. The average molecular weight is 613 g/mol. The van der Waals surface area contributed by atoms with Gasteiger partial charge >= 0.3 is 0 Å². The van der Waals surface area contributed by atoms with E-state index < -0.39 is 20.2 Å². The van der Waals surface area contributed by atoms with Gasteiger partial charge in [-0.15, -0.1) is 0 Å². The molecule has 0 saturated heterocycles. The van der Waals surface area contributed by atoms with Gasteiger partial charge in [-0.2, -0.15) is 0 Å².